The number of aryl methyl sites for hydroxylation is 1. The Morgan fingerprint density at radius 2 is 1.96 bits per heavy atom. The van der Waals surface area contributed by atoms with Gasteiger partial charge in [-0.1, -0.05) is 17.7 Å². The van der Waals surface area contributed by atoms with Gasteiger partial charge in [0.05, 0.1) is 20.3 Å². The van der Waals surface area contributed by atoms with Crippen LogP contribution in [0.2, 0.25) is 0 Å². The number of rotatable bonds is 9. The number of guanidine groups is 1. The van der Waals surface area contributed by atoms with E-state index in [0.29, 0.717) is 0 Å². The zero-order valence-electron chi connectivity index (χ0n) is 16.5. The molecule has 0 aliphatic carbocycles. The zero-order valence-corrected chi connectivity index (χ0v) is 16.5. The van der Waals surface area contributed by atoms with Gasteiger partial charge in [0.1, 0.15) is 5.75 Å². The minimum atomic E-state index is 0.827. The van der Waals surface area contributed by atoms with Crippen LogP contribution in [0.25, 0.3) is 0 Å². The molecule has 26 heavy (non-hydrogen) atoms. The van der Waals surface area contributed by atoms with Crippen molar-refractivity contribution >= 4 is 5.96 Å². The summed E-state index contributed by atoms with van der Waals surface area (Å²) in [5.74, 6) is 1.81. The molecule has 0 spiro atoms. The topological polar surface area (TPSA) is 58.1 Å². The average Bonchev–Trinajstić information content (AvgIpc) is 2.67. The number of benzene rings is 1. The maximum Gasteiger partial charge on any atom is 0.190 e. The lowest BCUT2D eigenvalue weighted by atomic mass is 10.1. The summed E-state index contributed by atoms with van der Waals surface area (Å²) in [4.78, 5) is 6.78. The molecule has 1 saturated heterocycles. The Kier molecular flexibility index (Phi) is 9.28. The first kappa shape index (κ1) is 20.5. The van der Waals surface area contributed by atoms with Crippen LogP contribution >= 0.6 is 0 Å². The Bertz CT molecular complexity index is 557. The van der Waals surface area contributed by atoms with Gasteiger partial charge in [0.2, 0.25) is 0 Å². The van der Waals surface area contributed by atoms with Gasteiger partial charge >= 0.3 is 0 Å². The molecular formula is C20H34N4O2. The molecule has 0 saturated carbocycles. The van der Waals surface area contributed by atoms with E-state index in [1.165, 1.54) is 17.5 Å². The molecule has 0 amide bonds. The van der Waals surface area contributed by atoms with Crippen molar-refractivity contribution in [2.24, 2.45) is 4.99 Å². The molecule has 146 valence electrons. The Morgan fingerprint density at radius 1 is 1.19 bits per heavy atom. The van der Waals surface area contributed by atoms with Crippen LogP contribution in [-0.2, 0) is 11.2 Å². The van der Waals surface area contributed by atoms with Gasteiger partial charge in [-0.15, -0.1) is 0 Å². The molecule has 6 heteroatoms. The lowest BCUT2D eigenvalue weighted by Crippen LogP contribution is -2.39. The second-order valence-electron chi connectivity index (χ2n) is 6.65. The molecule has 1 aromatic carbocycles. The summed E-state index contributed by atoms with van der Waals surface area (Å²) in [5.41, 5.74) is 2.48. The molecule has 0 unspecified atom stereocenters. The molecular weight excluding hydrogens is 328 g/mol. The molecule has 1 aliphatic heterocycles. The van der Waals surface area contributed by atoms with E-state index in [4.69, 9.17) is 9.47 Å². The molecule has 1 heterocycles. The Morgan fingerprint density at radius 3 is 2.69 bits per heavy atom. The number of hydrogen-bond donors (Lipinski definition) is 2. The SMILES string of the molecule is CN=C(NCCCCN1CCOCC1)NCCc1cc(C)ccc1OC. The van der Waals surface area contributed by atoms with E-state index in [9.17, 15) is 0 Å². The van der Waals surface area contributed by atoms with E-state index < -0.39 is 0 Å². The second-order valence-corrected chi connectivity index (χ2v) is 6.65. The van der Waals surface area contributed by atoms with E-state index in [0.717, 1.165) is 70.5 Å². The summed E-state index contributed by atoms with van der Waals surface area (Å²) in [6.45, 7) is 8.92. The molecule has 6 nitrogen and oxygen atoms in total. The number of nitrogens with zero attached hydrogens (tertiary/aromatic N) is 2. The summed E-state index contributed by atoms with van der Waals surface area (Å²) >= 11 is 0. The van der Waals surface area contributed by atoms with Crippen molar-refractivity contribution in [1.29, 1.82) is 0 Å². The van der Waals surface area contributed by atoms with E-state index in [-0.39, 0.29) is 0 Å². The van der Waals surface area contributed by atoms with Gasteiger partial charge in [0.25, 0.3) is 0 Å². The number of unbranched alkanes of at least 4 members (excludes halogenated alkanes) is 1. The summed E-state index contributed by atoms with van der Waals surface area (Å²) in [5, 5.41) is 6.78. The molecule has 1 fully saturated rings. The number of aliphatic imine (C=N–C) groups is 1. The average molecular weight is 363 g/mol. The zero-order chi connectivity index (χ0) is 18.6. The van der Waals surface area contributed by atoms with Crippen LogP contribution in [-0.4, -0.2) is 71.0 Å². The first-order valence-corrected chi connectivity index (χ1v) is 9.61. The molecule has 0 aromatic heterocycles. The van der Waals surface area contributed by atoms with Gasteiger partial charge in [-0.05, 0) is 44.4 Å². The molecule has 0 atom stereocenters. The molecule has 2 N–H and O–H groups in total. The van der Waals surface area contributed by atoms with Crippen LogP contribution in [0.4, 0.5) is 0 Å². The standard InChI is InChI=1S/C20H34N4O2/c1-17-6-7-19(25-3)18(16-17)8-10-23-20(21-2)22-9-4-5-11-24-12-14-26-15-13-24/h6-7,16H,4-5,8-15H2,1-3H3,(H2,21,22,23). The normalized spacial score (nSPS) is 15.7. The third kappa shape index (κ3) is 7.22. The summed E-state index contributed by atoms with van der Waals surface area (Å²) < 4.78 is 10.8. The summed E-state index contributed by atoms with van der Waals surface area (Å²) in [7, 11) is 3.54. The van der Waals surface area contributed by atoms with Crippen LogP contribution in [0.15, 0.2) is 23.2 Å². The van der Waals surface area contributed by atoms with Crippen molar-refractivity contribution in [2.45, 2.75) is 26.2 Å². The fraction of sp³-hybridized carbons (Fsp3) is 0.650. The third-order valence-electron chi connectivity index (χ3n) is 4.64. The predicted octanol–water partition coefficient (Wildman–Crippen LogP) is 1.82. The lowest BCUT2D eigenvalue weighted by molar-refractivity contribution is 0.0372. The first-order chi connectivity index (χ1) is 12.7. The van der Waals surface area contributed by atoms with Crippen molar-refractivity contribution in [3.8, 4) is 5.75 Å². The number of ether oxygens (including phenoxy) is 2. The van der Waals surface area contributed by atoms with Crippen molar-refractivity contribution in [1.82, 2.24) is 15.5 Å². The van der Waals surface area contributed by atoms with Gasteiger partial charge < -0.3 is 20.1 Å². The Hall–Kier alpha value is -1.79. The largest absolute Gasteiger partial charge is 0.496 e. The maximum absolute atomic E-state index is 5.44. The molecule has 1 aliphatic rings. The first-order valence-electron chi connectivity index (χ1n) is 9.61. The van der Waals surface area contributed by atoms with E-state index >= 15 is 0 Å². The quantitative estimate of drug-likeness (QED) is 0.399. The maximum atomic E-state index is 5.44. The Balaban J connectivity index is 1.61. The van der Waals surface area contributed by atoms with Crippen LogP contribution in [0.5, 0.6) is 5.75 Å². The highest BCUT2D eigenvalue weighted by Gasteiger charge is 2.09. The summed E-state index contributed by atoms with van der Waals surface area (Å²) in [6, 6.07) is 6.29. The van der Waals surface area contributed by atoms with Crippen LogP contribution in [0.1, 0.15) is 24.0 Å². The van der Waals surface area contributed by atoms with Crippen molar-refractivity contribution in [3.05, 3.63) is 29.3 Å². The lowest BCUT2D eigenvalue weighted by Gasteiger charge is -2.26. The van der Waals surface area contributed by atoms with Gasteiger partial charge in [0.15, 0.2) is 5.96 Å². The minimum Gasteiger partial charge on any atom is -0.496 e. The van der Waals surface area contributed by atoms with E-state index in [1.807, 2.05) is 13.1 Å². The smallest absolute Gasteiger partial charge is 0.190 e. The van der Waals surface area contributed by atoms with E-state index in [1.54, 1.807) is 7.11 Å². The fourth-order valence-electron chi connectivity index (χ4n) is 3.13. The minimum absolute atomic E-state index is 0.827. The summed E-state index contributed by atoms with van der Waals surface area (Å²) in [6.07, 6.45) is 3.25. The van der Waals surface area contributed by atoms with Crippen LogP contribution in [0.3, 0.4) is 0 Å². The van der Waals surface area contributed by atoms with Gasteiger partial charge in [-0.25, -0.2) is 0 Å². The molecule has 2 rings (SSSR count). The van der Waals surface area contributed by atoms with Crippen molar-refractivity contribution < 1.29 is 9.47 Å². The van der Waals surface area contributed by atoms with E-state index in [2.05, 4.69) is 39.6 Å². The van der Waals surface area contributed by atoms with Crippen molar-refractivity contribution in [3.63, 3.8) is 0 Å². The number of morpholine rings is 1. The highest BCUT2D eigenvalue weighted by molar-refractivity contribution is 5.79. The molecule has 1 aromatic rings. The second kappa shape index (κ2) is 11.8. The number of hydrogen-bond acceptors (Lipinski definition) is 4. The van der Waals surface area contributed by atoms with Crippen LogP contribution < -0.4 is 15.4 Å². The third-order valence-corrected chi connectivity index (χ3v) is 4.64. The highest BCUT2D eigenvalue weighted by Crippen LogP contribution is 2.19. The van der Waals surface area contributed by atoms with Gasteiger partial charge in [-0.2, -0.15) is 0 Å². The fourth-order valence-corrected chi connectivity index (χ4v) is 3.13. The highest BCUT2D eigenvalue weighted by atomic mass is 16.5. The van der Waals surface area contributed by atoms with Gasteiger partial charge in [0, 0.05) is 33.2 Å². The number of methoxy groups -OCH3 is 1. The monoisotopic (exact) mass is 362 g/mol. The van der Waals surface area contributed by atoms with Gasteiger partial charge in [-0.3, -0.25) is 9.89 Å². The number of nitrogens with one attached hydrogen (secondary N) is 2. The predicted molar refractivity (Wildman–Crippen MR) is 107 cm³/mol. The Labute approximate surface area is 158 Å². The van der Waals surface area contributed by atoms with Crippen molar-refractivity contribution in [2.75, 3.05) is 60.1 Å². The molecule has 0 radical (unpaired) electrons. The van der Waals surface area contributed by atoms with Crippen LogP contribution in [0, 0.1) is 6.92 Å². The molecule has 0 bridgehead atoms.